The number of hydrogen-bond acceptors (Lipinski definition) is 3. The van der Waals surface area contributed by atoms with Gasteiger partial charge in [-0.3, -0.25) is 0 Å². The van der Waals surface area contributed by atoms with Gasteiger partial charge in [0, 0.05) is 23.3 Å². The van der Waals surface area contributed by atoms with Gasteiger partial charge in [0.2, 0.25) is 5.88 Å². The third-order valence-electron chi connectivity index (χ3n) is 2.49. The highest BCUT2D eigenvalue weighted by Crippen LogP contribution is 2.25. The molecule has 2 rings (SSSR count). The molecule has 5 heteroatoms. The molecule has 0 radical (unpaired) electrons. The minimum atomic E-state index is 0.537. The number of nitrogens with zero attached hydrogens (tertiary/aromatic N) is 1. The molecule has 0 atom stereocenters. The fourth-order valence-electron chi connectivity index (χ4n) is 1.56. The van der Waals surface area contributed by atoms with Crippen LogP contribution in [0.4, 0.5) is 0 Å². The Balaban J connectivity index is 2.16. The minimum absolute atomic E-state index is 0.537. The summed E-state index contributed by atoms with van der Waals surface area (Å²) < 4.78 is 6.67. The molecule has 0 unspecified atom stereocenters. The normalized spacial score (nSPS) is 10.5. The van der Waals surface area contributed by atoms with Crippen molar-refractivity contribution in [2.24, 2.45) is 0 Å². The molecule has 1 N–H and O–H groups in total. The Morgan fingerprint density at radius 3 is 2.95 bits per heavy atom. The average Bonchev–Trinajstić information content (AvgIpc) is 2.39. The van der Waals surface area contributed by atoms with Crippen LogP contribution in [0.1, 0.15) is 12.5 Å². The first-order chi connectivity index (χ1) is 9.19. The van der Waals surface area contributed by atoms with E-state index in [1.807, 2.05) is 37.3 Å². The van der Waals surface area contributed by atoms with Crippen molar-refractivity contribution in [2.75, 3.05) is 6.54 Å². The molecule has 0 spiro atoms. The van der Waals surface area contributed by atoms with Gasteiger partial charge in [-0.1, -0.05) is 40.5 Å². The molecule has 100 valence electrons. The van der Waals surface area contributed by atoms with Gasteiger partial charge in [-0.2, -0.15) is 0 Å². The van der Waals surface area contributed by atoms with Crippen LogP contribution < -0.4 is 10.1 Å². The molecule has 3 nitrogen and oxygen atoms in total. The first-order valence-corrected chi connectivity index (χ1v) is 7.14. The van der Waals surface area contributed by atoms with Crippen molar-refractivity contribution in [3.05, 3.63) is 51.6 Å². The van der Waals surface area contributed by atoms with Gasteiger partial charge >= 0.3 is 0 Å². The quantitative estimate of drug-likeness (QED) is 0.875. The SMILES string of the molecule is CCNCc1cc(Oc2cccc(Br)c2)ncc1Cl. The molecule has 0 bridgehead atoms. The van der Waals surface area contributed by atoms with Gasteiger partial charge in [0.05, 0.1) is 5.02 Å². The Morgan fingerprint density at radius 1 is 1.37 bits per heavy atom. The van der Waals surface area contributed by atoms with Gasteiger partial charge in [-0.05, 0) is 30.3 Å². The lowest BCUT2D eigenvalue weighted by Gasteiger charge is -2.09. The molecular formula is C14H14BrClN2O. The topological polar surface area (TPSA) is 34.1 Å². The zero-order chi connectivity index (χ0) is 13.7. The maximum atomic E-state index is 6.09. The summed E-state index contributed by atoms with van der Waals surface area (Å²) in [5.41, 5.74) is 0.975. The van der Waals surface area contributed by atoms with Crippen LogP contribution in [0.5, 0.6) is 11.6 Å². The van der Waals surface area contributed by atoms with Crippen molar-refractivity contribution >= 4 is 27.5 Å². The van der Waals surface area contributed by atoms with Gasteiger partial charge in [0.25, 0.3) is 0 Å². The summed E-state index contributed by atoms with van der Waals surface area (Å²) in [6, 6.07) is 9.48. The third kappa shape index (κ3) is 4.20. The van der Waals surface area contributed by atoms with Crippen LogP contribution >= 0.6 is 27.5 Å². The second kappa shape index (κ2) is 6.89. The van der Waals surface area contributed by atoms with Crippen molar-refractivity contribution < 1.29 is 4.74 Å². The number of halogens is 2. The molecule has 1 aromatic carbocycles. The molecule has 0 aliphatic heterocycles. The van der Waals surface area contributed by atoms with E-state index in [1.54, 1.807) is 6.20 Å². The summed E-state index contributed by atoms with van der Waals surface area (Å²) in [5, 5.41) is 3.87. The summed E-state index contributed by atoms with van der Waals surface area (Å²) in [4.78, 5) is 4.17. The Hall–Kier alpha value is -1.10. The highest BCUT2D eigenvalue weighted by Gasteiger charge is 2.05. The van der Waals surface area contributed by atoms with Crippen LogP contribution in [0.2, 0.25) is 5.02 Å². The van der Waals surface area contributed by atoms with Crippen LogP contribution in [0, 0.1) is 0 Å². The maximum absolute atomic E-state index is 6.09. The minimum Gasteiger partial charge on any atom is -0.439 e. The summed E-state index contributed by atoms with van der Waals surface area (Å²) >= 11 is 9.50. The highest BCUT2D eigenvalue weighted by atomic mass is 79.9. The van der Waals surface area contributed by atoms with Crippen LogP contribution in [-0.4, -0.2) is 11.5 Å². The molecule has 0 saturated heterocycles. The molecule has 0 aliphatic carbocycles. The van der Waals surface area contributed by atoms with E-state index < -0.39 is 0 Å². The van der Waals surface area contributed by atoms with E-state index in [2.05, 4.69) is 26.2 Å². The van der Waals surface area contributed by atoms with E-state index in [0.29, 0.717) is 17.4 Å². The van der Waals surface area contributed by atoms with E-state index in [-0.39, 0.29) is 0 Å². The van der Waals surface area contributed by atoms with Crippen LogP contribution in [0.25, 0.3) is 0 Å². The Morgan fingerprint density at radius 2 is 2.21 bits per heavy atom. The van der Waals surface area contributed by atoms with Gasteiger partial charge in [-0.25, -0.2) is 4.98 Å². The molecule has 0 aliphatic rings. The molecule has 1 heterocycles. The van der Waals surface area contributed by atoms with Gasteiger partial charge in [0.1, 0.15) is 5.75 Å². The molecule has 2 aromatic rings. The predicted octanol–water partition coefficient (Wildman–Crippen LogP) is 4.40. The lowest BCUT2D eigenvalue weighted by Crippen LogP contribution is -2.12. The van der Waals surface area contributed by atoms with Crippen molar-refractivity contribution in [2.45, 2.75) is 13.5 Å². The van der Waals surface area contributed by atoms with E-state index in [9.17, 15) is 0 Å². The summed E-state index contributed by atoms with van der Waals surface area (Å²) in [7, 11) is 0. The van der Waals surface area contributed by atoms with E-state index in [1.165, 1.54) is 0 Å². The average molecular weight is 342 g/mol. The molecule has 0 fully saturated rings. The van der Waals surface area contributed by atoms with Crippen molar-refractivity contribution in [3.8, 4) is 11.6 Å². The first-order valence-electron chi connectivity index (χ1n) is 5.97. The second-order valence-electron chi connectivity index (χ2n) is 3.95. The standard InChI is InChI=1S/C14H14BrClN2O/c1-2-17-8-10-6-14(18-9-13(10)16)19-12-5-3-4-11(15)7-12/h3-7,9,17H,2,8H2,1H3. The fraction of sp³-hybridized carbons (Fsp3) is 0.214. The first kappa shape index (κ1) is 14.3. The maximum Gasteiger partial charge on any atom is 0.219 e. The zero-order valence-electron chi connectivity index (χ0n) is 10.5. The number of benzene rings is 1. The lowest BCUT2D eigenvalue weighted by molar-refractivity contribution is 0.461. The predicted molar refractivity (Wildman–Crippen MR) is 80.8 cm³/mol. The van der Waals surface area contributed by atoms with E-state index in [0.717, 1.165) is 22.3 Å². The number of aromatic nitrogens is 1. The fourth-order valence-corrected chi connectivity index (χ4v) is 2.11. The number of pyridine rings is 1. The molecule has 19 heavy (non-hydrogen) atoms. The molecule has 1 aromatic heterocycles. The Kier molecular flexibility index (Phi) is 5.19. The molecular weight excluding hydrogens is 328 g/mol. The number of ether oxygens (including phenoxy) is 1. The molecule has 0 amide bonds. The van der Waals surface area contributed by atoms with E-state index >= 15 is 0 Å². The van der Waals surface area contributed by atoms with Crippen LogP contribution in [0.15, 0.2) is 41.0 Å². The van der Waals surface area contributed by atoms with Gasteiger partial charge in [0.15, 0.2) is 0 Å². The van der Waals surface area contributed by atoms with Crippen molar-refractivity contribution in [1.29, 1.82) is 0 Å². The number of hydrogen-bond donors (Lipinski definition) is 1. The second-order valence-corrected chi connectivity index (χ2v) is 5.28. The zero-order valence-corrected chi connectivity index (χ0v) is 12.8. The van der Waals surface area contributed by atoms with Crippen molar-refractivity contribution in [1.82, 2.24) is 10.3 Å². The van der Waals surface area contributed by atoms with Gasteiger partial charge < -0.3 is 10.1 Å². The number of nitrogens with one attached hydrogen (secondary N) is 1. The monoisotopic (exact) mass is 340 g/mol. The lowest BCUT2D eigenvalue weighted by atomic mass is 10.2. The van der Waals surface area contributed by atoms with Crippen LogP contribution in [0.3, 0.4) is 0 Å². The number of rotatable bonds is 5. The Bertz CT molecular complexity index is 563. The smallest absolute Gasteiger partial charge is 0.219 e. The van der Waals surface area contributed by atoms with Crippen LogP contribution in [-0.2, 0) is 6.54 Å². The van der Waals surface area contributed by atoms with Crippen molar-refractivity contribution in [3.63, 3.8) is 0 Å². The molecule has 0 saturated carbocycles. The largest absolute Gasteiger partial charge is 0.439 e. The third-order valence-corrected chi connectivity index (χ3v) is 3.33. The highest BCUT2D eigenvalue weighted by molar-refractivity contribution is 9.10. The van der Waals surface area contributed by atoms with E-state index in [4.69, 9.17) is 16.3 Å². The van der Waals surface area contributed by atoms with Gasteiger partial charge in [-0.15, -0.1) is 0 Å². The summed E-state index contributed by atoms with van der Waals surface area (Å²) in [6.45, 7) is 3.64. The Labute approximate surface area is 126 Å². The summed E-state index contributed by atoms with van der Waals surface area (Å²) in [5.74, 6) is 1.27. The summed E-state index contributed by atoms with van der Waals surface area (Å²) in [6.07, 6.45) is 1.61.